The molecule has 42 heavy (non-hydrogen) atoms. The quantitative estimate of drug-likeness (QED) is 0.206. The van der Waals surface area contributed by atoms with E-state index in [1.807, 2.05) is 11.3 Å². The molecule has 2 heteroatoms. The molecule has 0 aliphatic carbocycles. The summed E-state index contributed by atoms with van der Waals surface area (Å²) < 4.78 is 5.15. The van der Waals surface area contributed by atoms with Crippen molar-refractivity contribution in [1.29, 1.82) is 0 Å². The van der Waals surface area contributed by atoms with Crippen molar-refractivity contribution in [2.75, 3.05) is 0 Å². The van der Waals surface area contributed by atoms with Crippen molar-refractivity contribution in [3.8, 4) is 27.9 Å². The molecular formula is C40H25NS. The molecule has 9 aromatic rings. The summed E-state index contributed by atoms with van der Waals surface area (Å²) >= 11 is 1.89. The Morgan fingerprint density at radius 2 is 1.07 bits per heavy atom. The first kappa shape index (κ1) is 23.5. The summed E-state index contributed by atoms with van der Waals surface area (Å²) in [5, 5.41) is 7.72. The highest BCUT2D eigenvalue weighted by Gasteiger charge is 2.17. The van der Waals surface area contributed by atoms with Crippen LogP contribution in [-0.4, -0.2) is 4.57 Å². The second-order valence-corrected chi connectivity index (χ2v) is 12.0. The lowest BCUT2D eigenvalue weighted by Crippen LogP contribution is -1.96. The van der Waals surface area contributed by atoms with Crippen LogP contribution in [0.5, 0.6) is 0 Å². The topological polar surface area (TPSA) is 4.93 Å². The number of fused-ring (bicyclic) bond motifs is 7. The first-order chi connectivity index (χ1) is 20.8. The summed E-state index contributed by atoms with van der Waals surface area (Å²) in [6, 6.07) is 55.4. The van der Waals surface area contributed by atoms with E-state index in [1.165, 1.54) is 80.7 Å². The van der Waals surface area contributed by atoms with Gasteiger partial charge in [-0.2, -0.15) is 0 Å². The zero-order valence-electron chi connectivity index (χ0n) is 22.8. The minimum absolute atomic E-state index is 1.20. The van der Waals surface area contributed by atoms with Crippen molar-refractivity contribution in [2.24, 2.45) is 0 Å². The highest BCUT2D eigenvalue weighted by molar-refractivity contribution is 7.26. The van der Waals surface area contributed by atoms with Crippen molar-refractivity contribution in [3.63, 3.8) is 0 Å². The Morgan fingerprint density at radius 1 is 0.381 bits per heavy atom. The minimum Gasteiger partial charge on any atom is -0.309 e. The van der Waals surface area contributed by atoms with E-state index < -0.39 is 0 Å². The highest BCUT2D eigenvalue weighted by Crippen LogP contribution is 2.42. The predicted octanol–water partition coefficient (Wildman–Crippen LogP) is 11.6. The Labute approximate surface area is 247 Å². The number of nitrogens with zero attached hydrogens (tertiary/aromatic N) is 1. The SMILES string of the molecule is c1ccc(-c2ccc(-n3c4ccccc4c4ccc(-c5cccc6c5sc5ccccc56)cc43)c3ccccc23)cc1. The number of hydrogen-bond donors (Lipinski definition) is 0. The lowest BCUT2D eigenvalue weighted by molar-refractivity contribution is 1.20. The third kappa shape index (κ3) is 3.43. The van der Waals surface area contributed by atoms with E-state index in [0.717, 1.165) is 0 Å². The zero-order chi connectivity index (χ0) is 27.6. The maximum absolute atomic E-state index is 2.47. The minimum atomic E-state index is 1.20. The zero-order valence-corrected chi connectivity index (χ0v) is 23.6. The molecule has 2 aromatic heterocycles. The average Bonchev–Trinajstić information content (AvgIpc) is 3.60. The van der Waals surface area contributed by atoms with Gasteiger partial charge in [0.05, 0.1) is 16.7 Å². The first-order valence-corrected chi connectivity index (χ1v) is 15.2. The molecule has 0 atom stereocenters. The largest absolute Gasteiger partial charge is 0.309 e. The molecule has 0 aliphatic rings. The van der Waals surface area contributed by atoms with E-state index in [-0.39, 0.29) is 0 Å². The third-order valence-corrected chi connectivity index (χ3v) is 9.84. The van der Waals surface area contributed by atoms with E-state index >= 15 is 0 Å². The molecule has 7 aromatic carbocycles. The number of thiophene rings is 1. The van der Waals surface area contributed by atoms with E-state index in [0.29, 0.717) is 0 Å². The molecule has 0 bridgehead atoms. The summed E-state index contributed by atoms with van der Waals surface area (Å²) in [4.78, 5) is 0. The maximum atomic E-state index is 2.47. The van der Waals surface area contributed by atoms with E-state index in [1.54, 1.807) is 0 Å². The van der Waals surface area contributed by atoms with Crippen LogP contribution in [0, 0.1) is 0 Å². The van der Waals surface area contributed by atoms with Gasteiger partial charge in [-0.3, -0.25) is 0 Å². The van der Waals surface area contributed by atoms with Crippen molar-refractivity contribution < 1.29 is 0 Å². The van der Waals surface area contributed by atoms with Gasteiger partial charge in [-0.15, -0.1) is 11.3 Å². The van der Waals surface area contributed by atoms with Crippen LogP contribution in [0.3, 0.4) is 0 Å². The smallest absolute Gasteiger partial charge is 0.0547 e. The molecule has 0 fully saturated rings. The monoisotopic (exact) mass is 551 g/mol. The Morgan fingerprint density at radius 3 is 1.95 bits per heavy atom. The van der Waals surface area contributed by atoms with Crippen molar-refractivity contribution in [3.05, 3.63) is 152 Å². The number of para-hydroxylation sites is 1. The van der Waals surface area contributed by atoms with Gasteiger partial charge in [0.15, 0.2) is 0 Å². The van der Waals surface area contributed by atoms with Crippen LogP contribution in [0.4, 0.5) is 0 Å². The predicted molar refractivity (Wildman–Crippen MR) is 182 cm³/mol. The lowest BCUT2D eigenvalue weighted by atomic mass is 9.97. The molecule has 2 heterocycles. The van der Waals surface area contributed by atoms with Crippen molar-refractivity contribution in [2.45, 2.75) is 0 Å². The van der Waals surface area contributed by atoms with Gasteiger partial charge in [0.2, 0.25) is 0 Å². The van der Waals surface area contributed by atoms with Crippen LogP contribution in [0.2, 0.25) is 0 Å². The molecule has 0 N–H and O–H groups in total. The summed E-state index contributed by atoms with van der Waals surface area (Å²) in [7, 11) is 0. The van der Waals surface area contributed by atoms with Gasteiger partial charge in [0.25, 0.3) is 0 Å². The molecule has 1 nitrogen and oxygen atoms in total. The standard InChI is InChI=1S/C40H25NS/c1-2-11-26(12-3-1)28-23-24-37(31-14-5-4-13-30(28)31)41-36-19-8-6-15-32(36)33-22-21-27(25-38(33)41)29-17-10-18-35-34-16-7-9-20-39(34)42-40(29)35/h1-25H. The number of hydrogen-bond acceptors (Lipinski definition) is 1. The van der Waals surface area contributed by atoms with Gasteiger partial charge in [-0.1, -0.05) is 127 Å². The molecule has 0 spiro atoms. The fraction of sp³-hybridized carbons (Fsp3) is 0. The number of aromatic nitrogens is 1. The fourth-order valence-electron chi connectivity index (χ4n) is 6.72. The molecular weight excluding hydrogens is 527 g/mol. The van der Waals surface area contributed by atoms with Gasteiger partial charge in [0.1, 0.15) is 0 Å². The van der Waals surface area contributed by atoms with Gasteiger partial charge in [-0.05, 0) is 51.9 Å². The van der Waals surface area contributed by atoms with Gasteiger partial charge in [0, 0.05) is 36.3 Å². The fourth-order valence-corrected chi connectivity index (χ4v) is 7.96. The molecule has 0 aliphatic heterocycles. The highest BCUT2D eigenvalue weighted by atomic mass is 32.1. The molecule has 9 rings (SSSR count). The van der Waals surface area contributed by atoms with E-state index in [9.17, 15) is 0 Å². The van der Waals surface area contributed by atoms with Gasteiger partial charge in [-0.25, -0.2) is 0 Å². The third-order valence-electron chi connectivity index (χ3n) is 8.62. The molecule has 0 radical (unpaired) electrons. The Kier molecular flexibility index (Phi) is 5.13. The Bertz CT molecular complexity index is 2460. The van der Waals surface area contributed by atoms with Crippen molar-refractivity contribution in [1.82, 2.24) is 4.57 Å². The molecule has 0 unspecified atom stereocenters. The Balaban J connectivity index is 1.34. The Hall–Kier alpha value is -5.18. The summed E-state index contributed by atoms with van der Waals surface area (Å²) in [6.07, 6.45) is 0. The average molecular weight is 552 g/mol. The van der Waals surface area contributed by atoms with Crippen LogP contribution in [0.1, 0.15) is 0 Å². The molecule has 0 amide bonds. The molecule has 0 saturated carbocycles. The lowest BCUT2D eigenvalue weighted by Gasteiger charge is -2.15. The van der Waals surface area contributed by atoms with Crippen molar-refractivity contribution >= 4 is 64.1 Å². The van der Waals surface area contributed by atoms with Crippen LogP contribution < -0.4 is 0 Å². The second kappa shape index (κ2) is 9.17. The van der Waals surface area contributed by atoms with Crippen LogP contribution in [-0.2, 0) is 0 Å². The van der Waals surface area contributed by atoms with E-state index in [2.05, 4.69) is 156 Å². The van der Waals surface area contributed by atoms with E-state index in [4.69, 9.17) is 0 Å². The maximum Gasteiger partial charge on any atom is 0.0547 e. The molecule has 0 saturated heterocycles. The second-order valence-electron chi connectivity index (χ2n) is 10.9. The number of benzene rings is 7. The summed E-state index contributed by atoms with van der Waals surface area (Å²) in [6.45, 7) is 0. The van der Waals surface area contributed by atoms with Gasteiger partial charge >= 0.3 is 0 Å². The van der Waals surface area contributed by atoms with Gasteiger partial charge < -0.3 is 4.57 Å². The molecule has 196 valence electrons. The summed E-state index contributed by atoms with van der Waals surface area (Å²) in [5.74, 6) is 0. The van der Waals surface area contributed by atoms with Crippen LogP contribution in [0.15, 0.2) is 152 Å². The number of rotatable bonds is 3. The normalized spacial score (nSPS) is 11.8. The first-order valence-electron chi connectivity index (χ1n) is 14.4. The van der Waals surface area contributed by atoms with Crippen LogP contribution >= 0.6 is 11.3 Å². The summed E-state index contributed by atoms with van der Waals surface area (Å²) in [5.41, 5.74) is 8.68. The van der Waals surface area contributed by atoms with Crippen LogP contribution in [0.25, 0.3) is 80.7 Å².